The van der Waals surface area contributed by atoms with Gasteiger partial charge in [-0.2, -0.15) is 12.7 Å². The van der Waals surface area contributed by atoms with Crippen molar-refractivity contribution in [2.45, 2.75) is 53.4 Å². The molecule has 0 bridgehead atoms. The fraction of sp³-hybridized carbons (Fsp3) is 1.00. The van der Waals surface area contributed by atoms with Crippen molar-refractivity contribution in [2.75, 3.05) is 32.7 Å². The molecule has 5 nitrogen and oxygen atoms in total. The molecule has 22 heavy (non-hydrogen) atoms. The van der Waals surface area contributed by atoms with Gasteiger partial charge in [0.25, 0.3) is 10.2 Å². The average molecular weight is 334 g/mol. The standard InChI is InChI=1S/C16H35N3O2S/c1-14(2)7-10-19(11-8-15(3)4)22(20,21)18-13-16-6-5-9-17-12-16/h14-18H,5-13H2,1-4H3. The largest absolute Gasteiger partial charge is 0.316 e. The summed E-state index contributed by atoms with van der Waals surface area (Å²) in [5, 5.41) is 3.33. The van der Waals surface area contributed by atoms with Gasteiger partial charge in [-0.3, -0.25) is 0 Å². The number of nitrogens with one attached hydrogen (secondary N) is 2. The molecule has 0 radical (unpaired) electrons. The van der Waals surface area contributed by atoms with Crippen molar-refractivity contribution in [3.63, 3.8) is 0 Å². The maximum atomic E-state index is 12.6. The van der Waals surface area contributed by atoms with Crippen molar-refractivity contribution in [1.29, 1.82) is 0 Å². The molecular formula is C16H35N3O2S. The molecule has 0 amide bonds. The van der Waals surface area contributed by atoms with Gasteiger partial charge in [-0.15, -0.1) is 0 Å². The van der Waals surface area contributed by atoms with Crippen LogP contribution in [-0.2, 0) is 10.2 Å². The third kappa shape index (κ3) is 7.90. The van der Waals surface area contributed by atoms with Gasteiger partial charge in [-0.1, -0.05) is 27.7 Å². The van der Waals surface area contributed by atoms with Crippen LogP contribution >= 0.6 is 0 Å². The zero-order chi connectivity index (χ0) is 16.6. The molecule has 1 saturated heterocycles. The Morgan fingerprint density at radius 1 is 1.14 bits per heavy atom. The summed E-state index contributed by atoms with van der Waals surface area (Å²) in [6.45, 7) is 12.3. The molecule has 0 aliphatic carbocycles. The number of piperidine rings is 1. The zero-order valence-electron chi connectivity index (χ0n) is 14.8. The monoisotopic (exact) mass is 333 g/mol. The van der Waals surface area contributed by atoms with Crippen LogP contribution in [-0.4, -0.2) is 45.4 Å². The lowest BCUT2D eigenvalue weighted by molar-refractivity contribution is 0.341. The topological polar surface area (TPSA) is 61.4 Å². The van der Waals surface area contributed by atoms with Crippen molar-refractivity contribution in [2.24, 2.45) is 17.8 Å². The van der Waals surface area contributed by atoms with Crippen LogP contribution in [0.25, 0.3) is 0 Å². The summed E-state index contributed by atoms with van der Waals surface area (Å²) in [5.74, 6) is 1.44. The summed E-state index contributed by atoms with van der Waals surface area (Å²) in [5.41, 5.74) is 0. The first-order valence-electron chi connectivity index (χ1n) is 8.76. The molecule has 1 atom stereocenters. The molecule has 1 rings (SSSR count). The molecule has 1 fully saturated rings. The van der Waals surface area contributed by atoms with Crippen molar-refractivity contribution in [3.05, 3.63) is 0 Å². The third-order valence-corrected chi connectivity index (χ3v) is 5.78. The molecule has 1 aliphatic rings. The van der Waals surface area contributed by atoms with Gasteiger partial charge in [0.2, 0.25) is 0 Å². The molecular weight excluding hydrogens is 298 g/mol. The summed E-state index contributed by atoms with van der Waals surface area (Å²) < 4.78 is 29.7. The maximum Gasteiger partial charge on any atom is 0.279 e. The molecule has 2 N–H and O–H groups in total. The highest BCUT2D eigenvalue weighted by Gasteiger charge is 2.23. The lowest BCUT2D eigenvalue weighted by Gasteiger charge is -2.27. The van der Waals surface area contributed by atoms with Crippen LogP contribution in [0.2, 0.25) is 0 Å². The Kier molecular flexibility index (Phi) is 8.90. The Hall–Kier alpha value is -0.170. The van der Waals surface area contributed by atoms with Crippen molar-refractivity contribution in [3.8, 4) is 0 Å². The maximum absolute atomic E-state index is 12.6. The normalized spacial score (nSPS) is 20.2. The molecule has 0 aromatic heterocycles. The van der Waals surface area contributed by atoms with Gasteiger partial charge >= 0.3 is 0 Å². The van der Waals surface area contributed by atoms with E-state index in [1.54, 1.807) is 4.31 Å². The molecule has 6 heteroatoms. The Morgan fingerprint density at radius 3 is 2.18 bits per heavy atom. The summed E-state index contributed by atoms with van der Waals surface area (Å²) in [6, 6.07) is 0. The fourth-order valence-electron chi connectivity index (χ4n) is 2.57. The van der Waals surface area contributed by atoms with E-state index in [4.69, 9.17) is 0 Å². The van der Waals surface area contributed by atoms with Crippen molar-refractivity contribution in [1.82, 2.24) is 14.3 Å². The highest BCUT2D eigenvalue weighted by molar-refractivity contribution is 7.87. The quantitative estimate of drug-likeness (QED) is 0.644. The van der Waals surface area contributed by atoms with E-state index in [2.05, 4.69) is 37.7 Å². The van der Waals surface area contributed by atoms with Crippen LogP contribution in [0, 0.1) is 17.8 Å². The molecule has 0 aromatic rings. The Balaban J connectivity index is 2.54. The van der Waals surface area contributed by atoms with E-state index < -0.39 is 10.2 Å². The number of rotatable bonds is 10. The number of hydrogen-bond donors (Lipinski definition) is 2. The van der Waals surface area contributed by atoms with Crippen molar-refractivity contribution < 1.29 is 8.42 Å². The summed E-state index contributed by atoms with van der Waals surface area (Å²) in [4.78, 5) is 0. The SMILES string of the molecule is CC(C)CCN(CCC(C)C)S(=O)(=O)NCC1CCCNC1. The minimum absolute atomic E-state index is 0.417. The zero-order valence-corrected chi connectivity index (χ0v) is 15.6. The molecule has 1 unspecified atom stereocenters. The Labute approximate surface area is 137 Å². The molecule has 1 heterocycles. The Bertz CT molecular complexity index is 378. The minimum Gasteiger partial charge on any atom is -0.316 e. The fourth-order valence-corrected chi connectivity index (χ4v) is 3.89. The van der Waals surface area contributed by atoms with Crippen LogP contribution in [0.15, 0.2) is 0 Å². The predicted octanol–water partition coefficient (Wildman–Crippen LogP) is 2.21. The van der Waals surface area contributed by atoms with Gasteiger partial charge in [0, 0.05) is 19.6 Å². The summed E-state index contributed by atoms with van der Waals surface area (Å²) >= 11 is 0. The van der Waals surface area contributed by atoms with Crippen LogP contribution in [0.3, 0.4) is 0 Å². The first-order chi connectivity index (χ1) is 10.3. The van der Waals surface area contributed by atoms with E-state index in [0.717, 1.165) is 38.8 Å². The first kappa shape index (κ1) is 19.9. The Morgan fingerprint density at radius 2 is 1.73 bits per heavy atom. The van der Waals surface area contributed by atoms with E-state index in [9.17, 15) is 8.42 Å². The van der Waals surface area contributed by atoms with E-state index in [1.807, 2.05) is 0 Å². The predicted molar refractivity (Wildman–Crippen MR) is 93.0 cm³/mol. The highest BCUT2D eigenvalue weighted by atomic mass is 32.2. The smallest absolute Gasteiger partial charge is 0.279 e. The lowest BCUT2D eigenvalue weighted by Crippen LogP contribution is -2.45. The van der Waals surface area contributed by atoms with E-state index in [1.165, 1.54) is 0 Å². The lowest BCUT2D eigenvalue weighted by atomic mass is 10.0. The second kappa shape index (κ2) is 9.85. The van der Waals surface area contributed by atoms with Gasteiger partial charge in [0.15, 0.2) is 0 Å². The van der Waals surface area contributed by atoms with Gasteiger partial charge < -0.3 is 5.32 Å². The van der Waals surface area contributed by atoms with Gasteiger partial charge in [0.05, 0.1) is 0 Å². The van der Waals surface area contributed by atoms with Crippen LogP contribution in [0.5, 0.6) is 0 Å². The van der Waals surface area contributed by atoms with Crippen LogP contribution < -0.4 is 10.0 Å². The van der Waals surface area contributed by atoms with E-state index in [-0.39, 0.29) is 0 Å². The minimum atomic E-state index is -3.36. The highest BCUT2D eigenvalue weighted by Crippen LogP contribution is 2.12. The molecule has 0 saturated carbocycles. The van der Waals surface area contributed by atoms with E-state index in [0.29, 0.717) is 37.4 Å². The molecule has 132 valence electrons. The van der Waals surface area contributed by atoms with Crippen LogP contribution in [0.1, 0.15) is 53.4 Å². The van der Waals surface area contributed by atoms with Gasteiger partial charge in [-0.25, -0.2) is 4.72 Å². The first-order valence-corrected chi connectivity index (χ1v) is 10.2. The van der Waals surface area contributed by atoms with E-state index >= 15 is 0 Å². The van der Waals surface area contributed by atoms with Gasteiger partial charge in [0.1, 0.15) is 0 Å². The molecule has 0 spiro atoms. The van der Waals surface area contributed by atoms with Crippen molar-refractivity contribution >= 4 is 10.2 Å². The van der Waals surface area contributed by atoms with Gasteiger partial charge in [-0.05, 0) is 56.5 Å². The number of nitrogens with zero attached hydrogens (tertiary/aromatic N) is 1. The molecule has 0 aromatic carbocycles. The third-order valence-electron chi connectivity index (χ3n) is 4.20. The second-order valence-corrected chi connectivity index (χ2v) is 9.09. The number of hydrogen-bond acceptors (Lipinski definition) is 3. The average Bonchev–Trinajstić information content (AvgIpc) is 2.45. The summed E-state index contributed by atoms with van der Waals surface area (Å²) in [6.07, 6.45) is 4.05. The van der Waals surface area contributed by atoms with Crippen LogP contribution in [0.4, 0.5) is 0 Å². The summed E-state index contributed by atoms with van der Waals surface area (Å²) in [7, 11) is -3.36. The second-order valence-electron chi connectivity index (χ2n) is 7.33. The molecule has 1 aliphatic heterocycles.